The third-order valence-corrected chi connectivity index (χ3v) is 5.12. The average molecular weight is 433 g/mol. The van der Waals surface area contributed by atoms with Crippen molar-refractivity contribution in [1.29, 1.82) is 0 Å². The van der Waals surface area contributed by atoms with Crippen molar-refractivity contribution in [3.63, 3.8) is 0 Å². The Bertz CT molecular complexity index is 1050. The van der Waals surface area contributed by atoms with Gasteiger partial charge < -0.3 is 9.26 Å². The molecule has 2 heterocycles. The molecule has 1 N–H and O–H groups in total. The summed E-state index contributed by atoms with van der Waals surface area (Å²) < 4.78 is 11.0. The molecule has 9 heteroatoms. The molecule has 2 aromatic carbocycles. The molecule has 0 amide bonds. The minimum absolute atomic E-state index is 0.290. The van der Waals surface area contributed by atoms with Crippen LogP contribution in [0.2, 0.25) is 10.0 Å². The Morgan fingerprint density at radius 1 is 1.00 bits per heavy atom. The molecule has 0 atom stereocenters. The predicted octanol–water partition coefficient (Wildman–Crippen LogP) is 5.64. The molecule has 0 unspecified atom stereocenters. The van der Waals surface area contributed by atoms with E-state index in [0.717, 1.165) is 17.0 Å². The summed E-state index contributed by atoms with van der Waals surface area (Å²) in [6, 6.07) is 16.5. The van der Waals surface area contributed by atoms with Crippen LogP contribution in [0.5, 0.6) is 5.75 Å². The van der Waals surface area contributed by atoms with Crippen LogP contribution in [0.4, 0.5) is 0 Å². The van der Waals surface area contributed by atoms with E-state index in [1.165, 1.54) is 11.8 Å². The quantitative estimate of drug-likeness (QED) is 0.380. The summed E-state index contributed by atoms with van der Waals surface area (Å²) >= 11 is 13.2. The monoisotopic (exact) mass is 432 g/mol. The zero-order valence-corrected chi connectivity index (χ0v) is 16.8. The van der Waals surface area contributed by atoms with Gasteiger partial charge in [-0.15, -0.1) is 5.10 Å². The number of benzene rings is 2. The van der Waals surface area contributed by atoms with Gasteiger partial charge in [0.25, 0.3) is 0 Å². The number of ether oxygens (including phenoxy) is 1. The number of aromatic nitrogens is 4. The average Bonchev–Trinajstić information content (AvgIpc) is 3.36. The first-order valence-corrected chi connectivity index (χ1v) is 10.0. The van der Waals surface area contributed by atoms with E-state index in [2.05, 4.69) is 20.3 Å². The first kappa shape index (κ1) is 18.9. The Morgan fingerprint density at radius 2 is 1.71 bits per heavy atom. The molecule has 0 bridgehead atoms. The first-order valence-electron chi connectivity index (χ1n) is 8.30. The van der Waals surface area contributed by atoms with Crippen molar-refractivity contribution in [2.75, 3.05) is 0 Å². The zero-order chi connectivity index (χ0) is 19.3. The summed E-state index contributed by atoms with van der Waals surface area (Å²) in [5, 5.41) is 13.1. The number of nitrogens with zero attached hydrogens (tertiary/aromatic N) is 3. The maximum atomic E-state index is 5.91. The van der Waals surface area contributed by atoms with Gasteiger partial charge in [0.15, 0.2) is 5.82 Å². The summed E-state index contributed by atoms with van der Waals surface area (Å²) in [5.74, 6) is 2.65. The van der Waals surface area contributed by atoms with Crippen LogP contribution < -0.4 is 4.74 Å². The second kappa shape index (κ2) is 8.68. The standard InChI is InChI=1S/C19H14Cl2N4O2S/c20-13-3-1-12(2-4-13)17-9-16(27-25-17)11-28-19-22-18(23-24-19)10-26-15-7-5-14(21)6-8-15/h1-9H,10-11H2,(H,22,23,24). The number of H-pyrrole nitrogens is 1. The number of rotatable bonds is 7. The molecule has 0 spiro atoms. The van der Waals surface area contributed by atoms with Crippen molar-refractivity contribution in [3.8, 4) is 17.0 Å². The van der Waals surface area contributed by atoms with Crippen molar-refractivity contribution in [2.45, 2.75) is 17.5 Å². The number of halogens is 2. The highest BCUT2D eigenvalue weighted by Gasteiger charge is 2.10. The lowest BCUT2D eigenvalue weighted by Crippen LogP contribution is -1.97. The summed E-state index contributed by atoms with van der Waals surface area (Å²) in [7, 11) is 0. The number of aromatic amines is 1. The fraction of sp³-hybridized carbons (Fsp3) is 0.105. The van der Waals surface area contributed by atoms with Gasteiger partial charge in [0.2, 0.25) is 5.16 Å². The highest BCUT2D eigenvalue weighted by Crippen LogP contribution is 2.25. The lowest BCUT2D eigenvalue weighted by atomic mass is 10.1. The van der Waals surface area contributed by atoms with Crippen LogP contribution >= 0.6 is 35.0 Å². The normalized spacial score (nSPS) is 10.9. The van der Waals surface area contributed by atoms with Crippen LogP contribution in [0.1, 0.15) is 11.6 Å². The Kier molecular flexibility index (Phi) is 5.85. The zero-order valence-electron chi connectivity index (χ0n) is 14.4. The van der Waals surface area contributed by atoms with Gasteiger partial charge in [-0.3, -0.25) is 5.10 Å². The smallest absolute Gasteiger partial charge is 0.208 e. The molecule has 2 aromatic heterocycles. The van der Waals surface area contributed by atoms with E-state index in [0.29, 0.717) is 32.5 Å². The Hall–Kier alpha value is -2.48. The second-order valence-electron chi connectivity index (χ2n) is 5.78. The topological polar surface area (TPSA) is 76.8 Å². The van der Waals surface area contributed by atoms with E-state index >= 15 is 0 Å². The summed E-state index contributed by atoms with van der Waals surface area (Å²) in [5.41, 5.74) is 1.71. The Balaban J connectivity index is 1.31. The highest BCUT2D eigenvalue weighted by atomic mass is 35.5. The van der Waals surface area contributed by atoms with E-state index in [-0.39, 0.29) is 6.61 Å². The molecule has 0 aliphatic carbocycles. The molecule has 28 heavy (non-hydrogen) atoms. The minimum Gasteiger partial charge on any atom is -0.486 e. The van der Waals surface area contributed by atoms with Crippen molar-refractivity contribution < 1.29 is 9.26 Å². The molecule has 142 valence electrons. The van der Waals surface area contributed by atoms with E-state index in [1.807, 2.05) is 30.3 Å². The van der Waals surface area contributed by atoms with Crippen LogP contribution in [0.25, 0.3) is 11.3 Å². The Morgan fingerprint density at radius 3 is 2.46 bits per heavy atom. The van der Waals surface area contributed by atoms with Gasteiger partial charge in [0.1, 0.15) is 23.8 Å². The Labute approximate surface area is 175 Å². The molecule has 0 radical (unpaired) electrons. The molecule has 0 aliphatic rings. The number of nitrogens with one attached hydrogen (secondary N) is 1. The number of hydrogen-bond donors (Lipinski definition) is 1. The fourth-order valence-corrected chi connectivity index (χ4v) is 3.31. The van der Waals surface area contributed by atoms with Crippen molar-refractivity contribution in [2.24, 2.45) is 0 Å². The van der Waals surface area contributed by atoms with E-state index in [1.54, 1.807) is 24.3 Å². The van der Waals surface area contributed by atoms with Gasteiger partial charge in [-0.05, 0) is 36.4 Å². The van der Waals surface area contributed by atoms with Crippen LogP contribution in [-0.2, 0) is 12.4 Å². The summed E-state index contributed by atoms with van der Waals surface area (Å²) in [4.78, 5) is 4.40. The molecule has 6 nitrogen and oxygen atoms in total. The molecule has 4 rings (SSSR count). The molecule has 4 aromatic rings. The molecule has 0 saturated heterocycles. The number of thioether (sulfide) groups is 1. The minimum atomic E-state index is 0.290. The molecular weight excluding hydrogens is 419 g/mol. The van der Waals surface area contributed by atoms with Crippen LogP contribution in [-0.4, -0.2) is 20.3 Å². The lowest BCUT2D eigenvalue weighted by molar-refractivity contribution is 0.296. The largest absolute Gasteiger partial charge is 0.486 e. The fourth-order valence-electron chi connectivity index (χ4n) is 2.36. The predicted molar refractivity (Wildman–Crippen MR) is 109 cm³/mol. The SMILES string of the molecule is Clc1ccc(OCc2nc(SCc3cc(-c4ccc(Cl)cc4)no3)n[nH]2)cc1. The maximum Gasteiger partial charge on any atom is 0.208 e. The first-order chi connectivity index (χ1) is 13.7. The second-order valence-corrected chi connectivity index (χ2v) is 7.60. The lowest BCUT2D eigenvalue weighted by Gasteiger charge is -2.02. The highest BCUT2D eigenvalue weighted by molar-refractivity contribution is 7.98. The molecule has 0 aliphatic heterocycles. The van der Waals surface area contributed by atoms with Gasteiger partial charge >= 0.3 is 0 Å². The maximum absolute atomic E-state index is 5.91. The van der Waals surface area contributed by atoms with Gasteiger partial charge in [-0.25, -0.2) is 4.98 Å². The molecular formula is C19H14Cl2N4O2S. The van der Waals surface area contributed by atoms with Crippen LogP contribution in [0.3, 0.4) is 0 Å². The van der Waals surface area contributed by atoms with Gasteiger partial charge in [-0.1, -0.05) is 52.3 Å². The third-order valence-electron chi connectivity index (χ3n) is 3.74. The van der Waals surface area contributed by atoms with Crippen molar-refractivity contribution >= 4 is 35.0 Å². The van der Waals surface area contributed by atoms with E-state index in [9.17, 15) is 0 Å². The van der Waals surface area contributed by atoms with Gasteiger partial charge in [0.05, 0.1) is 5.75 Å². The molecule has 0 saturated carbocycles. The van der Waals surface area contributed by atoms with E-state index < -0.39 is 0 Å². The van der Waals surface area contributed by atoms with Gasteiger partial charge in [-0.2, -0.15) is 0 Å². The number of hydrogen-bond acceptors (Lipinski definition) is 6. The van der Waals surface area contributed by atoms with E-state index in [4.69, 9.17) is 32.5 Å². The summed E-state index contributed by atoms with van der Waals surface area (Å²) in [6.07, 6.45) is 0. The molecule has 0 fully saturated rings. The van der Waals surface area contributed by atoms with Gasteiger partial charge in [0, 0.05) is 21.7 Å². The van der Waals surface area contributed by atoms with Crippen LogP contribution in [0.15, 0.2) is 64.3 Å². The van der Waals surface area contributed by atoms with Crippen LogP contribution in [0, 0.1) is 0 Å². The third kappa shape index (κ3) is 4.86. The van der Waals surface area contributed by atoms with Crippen molar-refractivity contribution in [1.82, 2.24) is 20.3 Å². The van der Waals surface area contributed by atoms with Crippen molar-refractivity contribution in [3.05, 3.63) is 76.2 Å². The summed E-state index contributed by atoms with van der Waals surface area (Å²) in [6.45, 7) is 0.290.